The number of rotatable bonds is 5. The number of alkyl halides is 6. The first kappa shape index (κ1) is 28.1. The van der Waals surface area contributed by atoms with Gasteiger partial charge in [0.2, 0.25) is 5.91 Å². The van der Waals surface area contributed by atoms with Crippen LogP contribution in [0.5, 0.6) is 0 Å². The first-order valence-corrected chi connectivity index (χ1v) is 11.5. The molecule has 3 rings (SSSR count). The minimum atomic E-state index is -5.01. The molecule has 1 unspecified atom stereocenters. The van der Waals surface area contributed by atoms with E-state index in [4.69, 9.17) is 9.57 Å². The average molecular weight is 532 g/mol. The van der Waals surface area contributed by atoms with Gasteiger partial charge in [0, 0.05) is 19.0 Å². The van der Waals surface area contributed by atoms with Crippen molar-refractivity contribution in [2.24, 2.45) is 0 Å². The van der Waals surface area contributed by atoms with Crippen LogP contribution in [0, 0.1) is 0 Å². The number of hydroxylamine groups is 1. The first-order chi connectivity index (χ1) is 17.2. The van der Waals surface area contributed by atoms with Crippen molar-refractivity contribution >= 4 is 17.7 Å². The van der Waals surface area contributed by atoms with E-state index in [2.05, 4.69) is 0 Å². The molecule has 0 N–H and O–H groups in total. The van der Waals surface area contributed by atoms with E-state index in [1.165, 1.54) is 16.9 Å². The molecule has 12 heteroatoms. The molecule has 37 heavy (non-hydrogen) atoms. The third-order valence-corrected chi connectivity index (χ3v) is 5.70. The van der Waals surface area contributed by atoms with Crippen LogP contribution < -0.4 is 5.06 Å². The zero-order valence-corrected chi connectivity index (χ0v) is 20.3. The van der Waals surface area contributed by atoms with Crippen molar-refractivity contribution in [2.75, 3.05) is 11.6 Å². The van der Waals surface area contributed by atoms with Crippen LogP contribution in [0.15, 0.2) is 42.5 Å². The molecule has 0 bridgehead atoms. The van der Waals surface area contributed by atoms with Gasteiger partial charge in [-0.05, 0) is 56.5 Å². The average Bonchev–Trinajstić information content (AvgIpc) is 2.95. The smallest absolute Gasteiger partial charge is 0.430 e. The van der Waals surface area contributed by atoms with Gasteiger partial charge in [-0.15, -0.1) is 0 Å². The number of hydrogen-bond acceptors (Lipinski definition) is 5. The lowest BCUT2D eigenvalue weighted by Gasteiger charge is -2.32. The van der Waals surface area contributed by atoms with Crippen LogP contribution >= 0.6 is 0 Å². The molecule has 2 aromatic carbocycles. The molecule has 0 aromatic heterocycles. The summed E-state index contributed by atoms with van der Waals surface area (Å²) in [5.41, 5.74) is -2.27. The second-order valence-electron chi connectivity index (χ2n) is 8.89. The Kier molecular flexibility index (Phi) is 8.28. The maximum absolute atomic E-state index is 13.4. The molecule has 1 aliphatic rings. The summed E-state index contributed by atoms with van der Waals surface area (Å²) in [5.74, 6) is -0.542. The summed E-state index contributed by atoms with van der Waals surface area (Å²) in [6.45, 7) is 4.23. The number of halogens is 6. The van der Waals surface area contributed by atoms with Gasteiger partial charge in [0.05, 0.1) is 35.5 Å². The molecule has 2 aromatic rings. The van der Waals surface area contributed by atoms with Crippen LogP contribution in [-0.4, -0.2) is 29.6 Å². The summed E-state index contributed by atoms with van der Waals surface area (Å²) in [6.07, 6.45) is -10.7. The molecule has 0 saturated heterocycles. The minimum absolute atomic E-state index is 0.0496. The molecule has 202 valence electrons. The summed E-state index contributed by atoms with van der Waals surface area (Å²) in [7, 11) is 0. The number of amides is 1. The van der Waals surface area contributed by atoms with Crippen molar-refractivity contribution < 1.29 is 45.5 Å². The fourth-order valence-corrected chi connectivity index (χ4v) is 4.17. The Bertz CT molecular complexity index is 1100. The zero-order valence-electron chi connectivity index (χ0n) is 20.3. The van der Waals surface area contributed by atoms with E-state index in [9.17, 15) is 35.9 Å². The molecular weight excluding hydrogens is 506 g/mol. The van der Waals surface area contributed by atoms with Crippen LogP contribution in [-0.2, 0) is 33.3 Å². The van der Waals surface area contributed by atoms with Gasteiger partial charge in [-0.25, -0.2) is 9.86 Å². The Balaban J connectivity index is 2.00. The maximum Gasteiger partial charge on any atom is 0.533 e. The SMILES string of the molecule is CC(=O)N(Cc1cc(C(F)(F)F)cc(C(F)(F)F)c1)C1CCCN(OC(=O)OC(C)C)c2ccccc21. The second-order valence-corrected chi connectivity index (χ2v) is 8.89. The highest BCUT2D eigenvalue weighted by Gasteiger charge is 2.38. The predicted molar refractivity (Wildman–Crippen MR) is 121 cm³/mol. The number of para-hydroxylation sites is 1. The molecule has 1 aliphatic heterocycles. The fourth-order valence-electron chi connectivity index (χ4n) is 4.17. The fraction of sp³-hybridized carbons (Fsp3) is 0.440. The molecule has 1 heterocycles. The van der Waals surface area contributed by atoms with Crippen LogP contribution in [0.2, 0.25) is 0 Å². The third kappa shape index (κ3) is 7.07. The third-order valence-electron chi connectivity index (χ3n) is 5.70. The lowest BCUT2D eigenvalue weighted by Crippen LogP contribution is -2.33. The number of hydrogen-bond donors (Lipinski definition) is 0. The van der Waals surface area contributed by atoms with E-state index < -0.39 is 54.2 Å². The van der Waals surface area contributed by atoms with Gasteiger partial charge in [0.25, 0.3) is 0 Å². The van der Waals surface area contributed by atoms with Gasteiger partial charge in [-0.1, -0.05) is 18.2 Å². The Labute approximate surface area is 209 Å². The first-order valence-electron chi connectivity index (χ1n) is 11.5. The van der Waals surface area contributed by atoms with Crippen molar-refractivity contribution in [3.8, 4) is 0 Å². The summed E-state index contributed by atoms with van der Waals surface area (Å²) in [5, 5.41) is 1.31. The van der Waals surface area contributed by atoms with Crippen LogP contribution in [0.25, 0.3) is 0 Å². The Hall–Kier alpha value is -3.44. The largest absolute Gasteiger partial charge is 0.533 e. The number of nitrogens with zero attached hydrogens (tertiary/aromatic N) is 2. The molecule has 6 nitrogen and oxygen atoms in total. The number of ether oxygens (including phenoxy) is 1. The molecule has 1 amide bonds. The van der Waals surface area contributed by atoms with E-state index in [0.29, 0.717) is 36.2 Å². The highest BCUT2D eigenvalue weighted by molar-refractivity contribution is 5.74. The molecule has 0 saturated carbocycles. The maximum atomic E-state index is 13.4. The quantitative estimate of drug-likeness (QED) is 0.310. The molecule has 0 spiro atoms. The molecule has 0 aliphatic carbocycles. The summed E-state index contributed by atoms with van der Waals surface area (Å²) in [6, 6.07) is 7.23. The van der Waals surface area contributed by atoms with Gasteiger partial charge < -0.3 is 14.5 Å². The Morgan fingerprint density at radius 2 is 1.62 bits per heavy atom. The number of carbonyl (C=O) groups is 2. The Morgan fingerprint density at radius 3 is 2.16 bits per heavy atom. The molecule has 1 atom stereocenters. The van der Waals surface area contributed by atoms with Crippen molar-refractivity contribution in [3.05, 3.63) is 64.7 Å². The number of carbonyl (C=O) groups excluding carboxylic acids is 2. The summed E-state index contributed by atoms with van der Waals surface area (Å²) in [4.78, 5) is 31.3. The van der Waals surface area contributed by atoms with E-state index >= 15 is 0 Å². The lowest BCUT2D eigenvalue weighted by molar-refractivity contribution is -0.143. The minimum Gasteiger partial charge on any atom is -0.430 e. The zero-order chi connectivity index (χ0) is 27.5. The van der Waals surface area contributed by atoms with Crippen molar-refractivity contribution in [3.63, 3.8) is 0 Å². The van der Waals surface area contributed by atoms with Gasteiger partial charge in [-0.3, -0.25) is 4.79 Å². The van der Waals surface area contributed by atoms with Gasteiger partial charge in [0.1, 0.15) is 0 Å². The Morgan fingerprint density at radius 1 is 1.03 bits per heavy atom. The van der Waals surface area contributed by atoms with Crippen molar-refractivity contribution in [1.29, 1.82) is 0 Å². The van der Waals surface area contributed by atoms with Crippen LogP contribution in [0.4, 0.5) is 36.8 Å². The second kappa shape index (κ2) is 10.9. The highest BCUT2D eigenvalue weighted by atomic mass is 19.4. The molecule has 0 fully saturated rings. The standard InChI is InChI=1S/C25H26F6N2O4/c1-15(2)36-23(35)37-33-10-6-9-21(20-7-4-5-8-22(20)33)32(16(3)34)14-17-11-18(24(26,27)28)13-19(12-17)25(29,30)31/h4-5,7-8,11-13,15,21H,6,9-10,14H2,1-3H3. The van der Waals surface area contributed by atoms with E-state index in [0.717, 1.165) is 0 Å². The monoisotopic (exact) mass is 532 g/mol. The van der Waals surface area contributed by atoms with Crippen molar-refractivity contribution in [2.45, 2.75) is 64.7 Å². The van der Waals surface area contributed by atoms with Crippen LogP contribution in [0.1, 0.15) is 61.9 Å². The van der Waals surface area contributed by atoms with Crippen molar-refractivity contribution in [1.82, 2.24) is 4.90 Å². The van der Waals surface area contributed by atoms with E-state index in [-0.39, 0.29) is 18.2 Å². The van der Waals surface area contributed by atoms with Gasteiger partial charge in [0.15, 0.2) is 0 Å². The lowest BCUT2D eigenvalue weighted by atomic mass is 9.98. The normalized spacial score (nSPS) is 16.2. The number of anilines is 1. The van der Waals surface area contributed by atoms with E-state index in [1.807, 2.05) is 0 Å². The van der Waals surface area contributed by atoms with Crippen LogP contribution in [0.3, 0.4) is 0 Å². The number of fused-ring (bicyclic) bond motifs is 1. The van der Waals surface area contributed by atoms with Gasteiger partial charge in [-0.2, -0.15) is 26.3 Å². The highest BCUT2D eigenvalue weighted by Crippen LogP contribution is 2.40. The molecular formula is C25H26F6N2O4. The van der Waals surface area contributed by atoms with E-state index in [1.54, 1.807) is 38.1 Å². The van der Waals surface area contributed by atoms with Gasteiger partial charge >= 0.3 is 18.5 Å². The molecule has 0 radical (unpaired) electrons. The summed E-state index contributed by atoms with van der Waals surface area (Å²) >= 11 is 0. The topological polar surface area (TPSA) is 59.1 Å². The number of benzene rings is 2. The predicted octanol–water partition coefficient (Wildman–Crippen LogP) is 6.89. The summed E-state index contributed by atoms with van der Waals surface area (Å²) < 4.78 is 85.2.